The van der Waals surface area contributed by atoms with Gasteiger partial charge in [-0.15, -0.1) is 0 Å². The summed E-state index contributed by atoms with van der Waals surface area (Å²) in [6, 6.07) is -0.0448. The molecule has 1 heterocycles. The van der Waals surface area contributed by atoms with Gasteiger partial charge in [0.1, 0.15) is 0 Å². The van der Waals surface area contributed by atoms with Gasteiger partial charge in [0.15, 0.2) is 9.84 Å². The highest BCUT2D eigenvalue weighted by Crippen LogP contribution is 2.16. The molecule has 6 heteroatoms. The molecule has 0 amide bonds. The van der Waals surface area contributed by atoms with E-state index in [0.29, 0.717) is 13.0 Å². The summed E-state index contributed by atoms with van der Waals surface area (Å²) in [7, 11) is -1.11. The van der Waals surface area contributed by atoms with Gasteiger partial charge < -0.3 is 4.74 Å². The number of rotatable bonds is 10. The van der Waals surface area contributed by atoms with Crippen LogP contribution < -0.4 is 0 Å². The second-order valence-corrected chi connectivity index (χ2v) is 8.19. The molecule has 0 N–H and O–H groups in total. The molecule has 1 saturated heterocycles. The molecule has 0 aliphatic carbocycles. The molecular formula is C15H29NO4S. The van der Waals surface area contributed by atoms with Gasteiger partial charge >= 0.3 is 5.97 Å². The minimum atomic E-state index is -2.90. The Morgan fingerprint density at radius 2 is 1.86 bits per heavy atom. The third kappa shape index (κ3) is 7.81. The molecule has 0 aromatic heterocycles. The van der Waals surface area contributed by atoms with Gasteiger partial charge in [-0.05, 0) is 19.9 Å². The van der Waals surface area contributed by atoms with Crippen molar-refractivity contribution in [2.75, 3.05) is 31.7 Å². The molecule has 1 aliphatic rings. The normalized spacial score (nSPS) is 20.8. The van der Waals surface area contributed by atoms with Crippen molar-refractivity contribution in [1.29, 1.82) is 0 Å². The van der Waals surface area contributed by atoms with E-state index < -0.39 is 9.84 Å². The average molecular weight is 319 g/mol. The quantitative estimate of drug-likeness (QED) is 0.455. The highest BCUT2D eigenvalue weighted by molar-refractivity contribution is 7.91. The first-order valence-electron chi connectivity index (χ1n) is 8.01. The lowest BCUT2D eigenvalue weighted by atomic mass is 10.1. The number of sulfone groups is 1. The third-order valence-corrected chi connectivity index (χ3v) is 5.72. The summed E-state index contributed by atoms with van der Waals surface area (Å²) in [6.07, 6.45) is 7.59. The molecule has 0 bridgehead atoms. The van der Waals surface area contributed by atoms with E-state index >= 15 is 0 Å². The highest BCUT2D eigenvalue weighted by atomic mass is 32.2. The predicted octanol–water partition coefficient (Wildman–Crippen LogP) is 2.01. The van der Waals surface area contributed by atoms with Gasteiger partial charge in [-0.25, -0.2) is 8.42 Å². The Balaban J connectivity index is 2.08. The van der Waals surface area contributed by atoms with E-state index in [2.05, 4.69) is 6.92 Å². The minimum absolute atomic E-state index is 0.0448. The lowest BCUT2D eigenvalue weighted by molar-refractivity contribution is -0.145. The maximum Gasteiger partial charge on any atom is 0.320 e. The van der Waals surface area contributed by atoms with Crippen LogP contribution in [0.25, 0.3) is 0 Å². The number of esters is 1. The fourth-order valence-electron chi connectivity index (χ4n) is 2.57. The summed E-state index contributed by atoms with van der Waals surface area (Å²) in [4.78, 5) is 13.5. The Labute approximate surface area is 129 Å². The number of carbonyl (C=O) groups is 1. The van der Waals surface area contributed by atoms with Gasteiger partial charge in [0, 0.05) is 6.04 Å². The van der Waals surface area contributed by atoms with Crippen molar-refractivity contribution in [3.05, 3.63) is 0 Å². The van der Waals surface area contributed by atoms with Gasteiger partial charge in [-0.1, -0.05) is 39.0 Å². The van der Waals surface area contributed by atoms with E-state index in [1.54, 1.807) is 11.9 Å². The zero-order valence-corrected chi connectivity index (χ0v) is 14.2. The summed E-state index contributed by atoms with van der Waals surface area (Å²) in [5.74, 6) is 0.138. The standard InChI is InChI=1S/C15H29NO4S/c1-3-4-5-6-7-8-10-20-15(17)12-16(2)14-9-11-21(18,19)13-14/h14H,3-13H2,1-2H3/t14-/m0/s1. The van der Waals surface area contributed by atoms with Crippen LogP contribution in [0, 0.1) is 0 Å². The number of ether oxygens (including phenoxy) is 1. The summed E-state index contributed by atoms with van der Waals surface area (Å²) >= 11 is 0. The van der Waals surface area contributed by atoms with Crippen molar-refractivity contribution in [3.8, 4) is 0 Å². The molecule has 0 saturated carbocycles. The van der Waals surface area contributed by atoms with Crippen molar-refractivity contribution in [2.24, 2.45) is 0 Å². The van der Waals surface area contributed by atoms with Gasteiger partial charge in [0.25, 0.3) is 0 Å². The smallest absolute Gasteiger partial charge is 0.320 e. The van der Waals surface area contributed by atoms with Crippen molar-refractivity contribution in [1.82, 2.24) is 4.90 Å². The van der Waals surface area contributed by atoms with Crippen molar-refractivity contribution in [2.45, 2.75) is 57.9 Å². The lowest BCUT2D eigenvalue weighted by Crippen LogP contribution is -2.37. The maximum absolute atomic E-state index is 11.7. The Morgan fingerprint density at radius 3 is 2.48 bits per heavy atom. The fraction of sp³-hybridized carbons (Fsp3) is 0.933. The zero-order chi connectivity index (χ0) is 15.7. The number of likely N-dealkylation sites (N-methyl/N-ethyl adjacent to an activating group) is 1. The first kappa shape index (κ1) is 18.4. The van der Waals surface area contributed by atoms with Crippen LogP contribution in [0.15, 0.2) is 0 Å². The van der Waals surface area contributed by atoms with E-state index in [0.717, 1.165) is 12.8 Å². The summed E-state index contributed by atoms with van der Waals surface area (Å²) in [6.45, 7) is 2.84. The van der Waals surface area contributed by atoms with Crippen LogP contribution >= 0.6 is 0 Å². The number of unbranched alkanes of at least 4 members (excludes halogenated alkanes) is 5. The number of nitrogens with zero attached hydrogens (tertiary/aromatic N) is 1. The third-order valence-electron chi connectivity index (χ3n) is 3.97. The zero-order valence-electron chi connectivity index (χ0n) is 13.3. The number of hydrogen-bond acceptors (Lipinski definition) is 5. The second-order valence-electron chi connectivity index (χ2n) is 5.96. The molecule has 1 fully saturated rings. The van der Waals surface area contributed by atoms with E-state index in [-0.39, 0.29) is 30.1 Å². The van der Waals surface area contributed by atoms with Crippen LogP contribution in [0.1, 0.15) is 51.9 Å². The summed E-state index contributed by atoms with van der Waals surface area (Å²) in [5.41, 5.74) is 0. The Bertz CT molecular complexity index is 408. The van der Waals surface area contributed by atoms with Crippen LogP contribution in [0.4, 0.5) is 0 Å². The first-order chi connectivity index (χ1) is 9.94. The molecular weight excluding hydrogens is 290 g/mol. The molecule has 21 heavy (non-hydrogen) atoms. The van der Waals surface area contributed by atoms with E-state index in [4.69, 9.17) is 4.74 Å². The van der Waals surface area contributed by atoms with Crippen molar-refractivity contribution >= 4 is 15.8 Å². The Hall–Kier alpha value is -0.620. The first-order valence-corrected chi connectivity index (χ1v) is 9.83. The molecule has 0 radical (unpaired) electrons. The topological polar surface area (TPSA) is 63.7 Å². The Kier molecular flexibility index (Phi) is 8.26. The van der Waals surface area contributed by atoms with E-state index in [1.807, 2.05) is 0 Å². The van der Waals surface area contributed by atoms with Crippen LogP contribution in [0.2, 0.25) is 0 Å². The molecule has 1 atom stereocenters. The van der Waals surface area contributed by atoms with Gasteiger partial charge in [-0.3, -0.25) is 9.69 Å². The number of carbonyl (C=O) groups excluding carboxylic acids is 1. The minimum Gasteiger partial charge on any atom is -0.465 e. The monoisotopic (exact) mass is 319 g/mol. The van der Waals surface area contributed by atoms with E-state index in [9.17, 15) is 13.2 Å². The summed E-state index contributed by atoms with van der Waals surface area (Å²) in [5, 5.41) is 0. The van der Waals surface area contributed by atoms with Gasteiger partial charge in [0.2, 0.25) is 0 Å². The SMILES string of the molecule is CCCCCCCCOC(=O)CN(C)[C@H]1CCS(=O)(=O)C1. The molecule has 1 aliphatic heterocycles. The molecule has 0 aromatic rings. The highest BCUT2D eigenvalue weighted by Gasteiger charge is 2.31. The van der Waals surface area contributed by atoms with Crippen molar-refractivity contribution in [3.63, 3.8) is 0 Å². The molecule has 124 valence electrons. The molecule has 0 unspecified atom stereocenters. The lowest BCUT2D eigenvalue weighted by Gasteiger charge is -2.21. The largest absolute Gasteiger partial charge is 0.465 e. The molecule has 5 nitrogen and oxygen atoms in total. The van der Waals surface area contributed by atoms with E-state index in [1.165, 1.54) is 25.7 Å². The molecule has 1 rings (SSSR count). The molecule has 0 aromatic carbocycles. The van der Waals surface area contributed by atoms with Crippen molar-refractivity contribution < 1.29 is 17.9 Å². The second kappa shape index (κ2) is 9.41. The molecule has 0 spiro atoms. The van der Waals surface area contributed by atoms with Crippen LogP contribution in [-0.2, 0) is 19.4 Å². The summed E-state index contributed by atoms with van der Waals surface area (Å²) < 4.78 is 28.0. The number of hydrogen-bond donors (Lipinski definition) is 0. The maximum atomic E-state index is 11.7. The predicted molar refractivity (Wildman–Crippen MR) is 84.0 cm³/mol. The van der Waals surface area contributed by atoms with Crippen LogP contribution in [-0.4, -0.2) is 57.0 Å². The fourth-order valence-corrected chi connectivity index (χ4v) is 4.38. The Morgan fingerprint density at radius 1 is 1.19 bits per heavy atom. The van der Waals surface area contributed by atoms with Crippen LogP contribution in [0.5, 0.6) is 0 Å². The van der Waals surface area contributed by atoms with Crippen LogP contribution in [0.3, 0.4) is 0 Å². The van der Waals surface area contributed by atoms with Gasteiger partial charge in [0.05, 0.1) is 24.7 Å². The van der Waals surface area contributed by atoms with Gasteiger partial charge in [-0.2, -0.15) is 0 Å². The average Bonchev–Trinajstić information content (AvgIpc) is 2.78.